The SMILES string of the molecule is NC(=O)C1=C(O)[C@@]2(O)C(=O)C3=C(O)c4c(O)cccc4[C@H](CSCc4ccccc4)[C@H]3[C@H](O)[C@H]2CC1=O. The van der Waals surface area contributed by atoms with Crippen molar-refractivity contribution in [2.45, 2.75) is 29.8 Å². The first-order valence-electron chi connectivity index (χ1n) is 11.7. The van der Waals surface area contributed by atoms with E-state index in [0.29, 0.717) is 17.1 Å². The molecule has 0 heterocycles. The van der Waals surface area contributed by atoms with Gasteiger partial charge in [-0.1, -0.05) is 42.5 Å². The van der Waals surface area contributed by atoms with Crippen LogP contribution in [-0.4, -0.2) is 60.5 Å². The molecule has 5 atom stereocenters. The number of Topliss-reactive ketones (excluding diaryl/α,β-unsaturated/α-hetero) is 2. The van der Waals surface area contributed by atoms with Crippen molar-refractivity contribution in [3.8, 4) is 5.75 Å². The molecule has 192 valence electrons. The van der Waals surface area contributed by atoms with Crippen molar-refractivity contribution >= 4 is 35.0 Å². The van der Waals surface area contributed by atoms with Gasteiger partial charge in [-0.3, -0.25) is 14.4 Å². The van der Waals surface area contributed by atoms with Gasteiger partial charge in [0, 0.05) is 41.3 Å². The lowest BCUT2D eigenvalue weighted by molar-refractivity contribution is -0.160. The summed E-state index contributed by atoms with van der Waals surface area (Å²) < 4.78 is 0. The summed E-state index contributed by atoms with van der Waals surface area (Å²) in [5.41, 5.74) is 2.63. The number of phenolic OH excluding ortho intramolecular Hbond substituents is 1. The standard InChI is InChI=1S/C27H25NO8S/c28-26(35)20-17(30)9-15-22(31)19-14(11-37-10-12-5-2-1-3-6-12)13-7-4-8-16(29)18(13)23(32)21(19)25(34)27(15,36)24(20)33/h1-8,14-15,19,22,29,31-33,36H,9-11H2,(H2,28,35)/t14-,15+,19+,22+,27+/m0/s1. The minimum atomic E-state index is -2.85. The molecule has 0 aromatic heterocycles. The highest BCUT2D eigenvalue weighted by molar-refractivity contribution is 7.98. The van der Waals surface area contributed by atoms with Gasteiger partial charge in [-0.2, -0.15) is 11.8 Å². The smallest absolute Gasteiger partial charge is 0.255 e. The van der Waals surface area contributed by atoms with Gasteiger partial charge in [0.2, 0.25) is 5.78 Å². The topological polar surface area (TPSA) is 178 Å². The molecular formula is C27H25NO8S. The van der Waals surface area contributed by atoms with Gasteiger partial charge in [0.05, 0.1) is 11.7 Å². The molecule has 2 aromatic carbocycles. The lowest BCUT2D eigenvalue weighted by atomic mass is 9.55. The molecule has 0 unspecified atom stereocenters. The van der Waals surface area contributed by atoms with Crippen LogP contribution in [-0.2, 0) is 20.1 Å². The summed E-state index contributed by atoms with van der Waals surface area (Å²) in [6.45, 7) is 0. The number of fused-ring (bicyclic) bond motifs is 3. The minimum Gasteiger partial charge on any atom is -0.508 e. The van der Waals surface area contributed by atoms with E-state index in [1.165, 1.54) is 17.8 Å². The van der Waals surface area contributed by atoms with Crippen molar-refractivity contribution in [3.63, 3.8) is 0 Å². The number of hydrogen-bond acceptors (Lipinski definition) is 9. The maximum Gasteiger partial charge on any atom is 0.255 e. The van der Waals surface area contributed by atoms with Gasteiger partial charge >= 0.3 is 0 Å². The molecule has 10 heteroatoms. The Labute approximate surface area is 215 Å². The summed E-state index contributed by atoms with van der Waals surface area (Å²) in [5, 5.41) is 55.4. The van der Waals surface area contributed by atoms with E-state index in [9.17, 15) is 39.9 Å². The number of rotatable bonds is 5. The Morgan fingerprint density at radius 1 is 1.05 bits per heavy atom. The average Bonchev–Trinajstić information content (AvgIpc) is 2.86. The highest BCUT2D eigenvalue weighted by Crippen LogP contribution is 2.56. The number of ketones is 2. The molecule has 1 saturated carbocycles. The predicted octanol–water partition coefficient (Wildman–Crippen LogP) is 1.87. The third-order valence-corrected chi connectivity index (χ3v) is 8.71. The van der Waals surface area contributed by atoms with Crippen molar-refractivity contribution in [3.05, 3.63) is 82.1 Å². The van der Waals surface area contributed by atoms with Gasteiger partial charge < -0.3 is 31.3 Å². The van der Waals surface area contributed by atoms with Crippen LogP contribution in [0.4, 0.5) is 0 Å². The van der Waals surface area contributed by atoms with Gasteiger partial charge in [0.25, 0.3) is 5.91 Å². The molecule has 0 aliphatic heterocycles. The van der Waals surface area contributed by atoms with Crippen LogP contribution in [0.15, 0.2) is 65.4 Å². The number of nitrogens with two attached hydrogens (primary N) is 1. The number of carbonyl (C=O) groups excluding carboxylic acids is 3. The van der Waals surface area contributed by atoms with E-state index in [4.69, 9.17) is 5.73 Å². The first-order valence-corrected chi connectivity index (χ1v) is 12.8. The van der Waals surface area contributed by atoms with E-state index in [0.717, 1.165) is 5.56 Å². The van der Waals surface area contributed by atoms with E-state index in [1.807, 2.05) is 30.3 Å². The van der Waals surface area contributed by atoms with Crippen LogP contribution in [0.5, 0.6) is 5.75 Å². The quantitative estimate of drug-likeness (QED) is 0.319. The number of thioether (sulfide) groups is 1. The third kappa shape index (κ3) is 3.66. The normalized spacial score (nSPS) is 29.0. The monoisotopic (exact) mass is 523 g/mol. The molecular weight excluding hydrogens is 498 g/mol. The maximum atomic E-state index is 13.8. The summed E-state index contributed by atoms with van der Waals surface area (Å²) >= 11 is 1.52. The van der Waals surface area contributed by atoms with Crippen LogP contribution in [0.1, 0.15) is 29.0 Å². The summed E-state index contributed by atoms with van der Waals surface area (Å²) in [7, 11) is 0. The lowest BCUT2D eigenvalue weighted by Gasteiger charge is -2.51. The average molecular weight is 524 g/mol. The van der Waals surface area contributed by atoms with Crippen molar-refractivity contribution in [1.29, 1.82) is 0 Å². The van der Waals surface area contributed by atoms with Crippen LogP contribution in [0.25, 0.3) is 5.76 Å². The molecule has 9 nitrogen and oxygen atoms in total. The Morgan fingerprint density at radius 2 is 1.76 bits per heavy atom. The molecule has 3 aliphatic carbocycles. The molecule has 1 amide bonds. The van der Waals surface area contributed by atoms with Gasteiger partial charge in [-0.15, -0.1) is 0 Å². The third-order valence-electron chi connectivity index (χ3n) is 7.58. The van der Waals surface area contributed by atoms with Crippen LogP contribution >= 0.6 is 11.8 Å². The molecule has 2 aromatic rings. The maximum absolute atomic E-state index is 13.8. The van der Waals surface area contributed by atoms with E-state index in [2.05, 4.69) is 0 Å². The Hall–Kier alpha value is -3.60. The highest BCUT2D eigenvalue weighted by Gasteiger charge is 2.65. The molecule has 0 saturated heterocycles. The van der Waals surface area contributed by atoms with Crippen molar-refractivity contribution in [2.75, 3.05) is 5.75 Å². The van der Waals surface area contributed by atoms with Crippen LogP contribution in [0, 0.1) is 11.8 Å². The number of phenols is 1. The Balaban J connectivity index is 1.63. The van der Waals surface area contributed by atoms with Gasteiger partial charge in [0.1, 0.15) is 22.8 Å². The van der Waals surface area contributed by atoms with E-state index >= 15 is 0 Å². The Kier molecular flexibility index (Phi) is 6.13. The van der Waals surface area contributed by atoms with Crippen molar-refractivity contribution in [2.24, 2.45) is 17.6 Å². The number of benzene rings is 2. The number of amides is 1. The second kappa shape index (κ2) is 9.05. The number of carbonyl (C=O) groups is 3. The van der Waals surface area contributed by atoms with Crippen molar-refractivity contribution in [1.82, 2.24) is 0 Å². The molecule has 37 heavy (non-hydrogen) atoms. The molecule has 0 bridgehead atoms. The molecule has 0 spiro atoms. The highest BCUT2D eigenvalue weighted by atomic mass is 32.2. The van der Waals surface area contributed by atoms with Gasteiger partial charge in [0.15, 0.2) is 11.4 Å². The Bertz CT molecular complexity index is 1380. The summed E-state index contributed by atoms with van der Waals surface area (Å²) in [6.07, 6.45) is -2.16. The van der Waals surface area contributed by atoms with Crippen molar-refractivity contribution < 1.29 is 39.9 Å². The molecule has 1 fully saturated rings. The van der Waals surface area contributed by atoms with Gasteiger partial charge in [-0.25, -0.2) is 0 Å². The predicted molar refractivity (Wildman–Crippen MR) is 134 cm³/mol. The molecule has 0 radical (unpaired) electrons. The van der Waals surface area contributed by atoms with Gasteiger partial charge in [-0.05, 0) is 17.2 Å². The molecule has 3 aliphatic rings. The van der Waals surface area contributed by atoms with Crippen LogP contribution < -0.4 is 5.73 Å². The number of aromatic hydroxyl groups is 1. The fourth-order valence-electron chi connectivity index (χ4n) is 5.85. The second-order valence-corrected chi connectivity index (χ2v) is 10.6. The zero-order valence-electron chi connectivity index (χ0n) is 19.5. The number of primary amides is 1. The molecule has 5 rings (SSSR count). The first-order chi connectivity index (χ1) is 17.6. The number of aliphatic hydroxyl groups is 4. The summed E-state index contributed by atoms with van der Waals surface area (Å²) in [5.74, 6) is -7.67. The Morgan fingerprint density at radius 3 is 2.43 bits per heavy atom. The lowest BCUT2D eigenvalue weighted by Crippen LogP contribution is -2.64. The van der Waals surface area contributed by atoms with Crippen LogP contribution in [0.2, 0.25) is 0 Å². The number of hydrogen-bond donors (Lipinski definition) is 6. The van der Waals surface area contributed by atoms with E-state index < -0.39 is 70.4 Å². The minimum absolute atomic E-state index is 0.00728. The fraction of sp³-hybridized carbons (Fsp3) is 0.296. The molecule has 7 N–H and O–H groups in total. The van der Waals surface area contributed by atoms with E-state index in [-0.39, 0.29) is 16.9 Å². The summed E-state index contributed by atoms with van der Waals surface area (Å²) in [4.78, 5) is 38.2. The van der Waals surface area contributed by atoms with E-state index in [1.54, 1.807) is 12.1 Å². The zero-order chi connectivity index (χ0) is 26.6. The zero-order valence-corrected chi connectivity index (χ0v) is 20.3. The van der Waals surface area contributed by atoms with Crippen LogP contribution in [0.3, 0.4) is 0 Å². The fourth-order valence-corrected chi connectivity index (χ4v) is 7.04. The largest absolute Gasteiger partial charge is 0.508 e. The first kappa shape index (κ1) is 25.1. The number of aliphatic hydroxyl groups excluding tert-OH is 3. The second-order valence-electron chi connectivity index (χ2n) is 9.54. The summed E-state index contributed by atoms with van der Waals surface area (Å²) in [6, 6.07) is 14.3.